The van der Waals surface area contributed by atoms with E-state index in [0.29, 0.717) is 24.0 Å². The van der Waals surface area contributed by atoms with Gasteiger partial charge in [0.2, 0.25) is 0 Å². The lowest BCUT2D eigenvalue weighted by Crippen LogP contribution is -2.40. The maximum Gasteiger partial charge on any atom is 0.191 e. The molecule has 0 heterocycles. The van der Waals surface area contributed by atoms with Gasteiger partial charge < -0.3 is 25.2 Å². The molecule has 0 saturated heterocycles. The average Bonchev–Trinajstić information content (AvgIpc) is 2.63. The molecule has 1 unspecified atom stereocenters. The number of guanidine groups is 1. The Kier molecular flexibility index (Phi) is 14.2. The minimum atomic E-state index is 0. The lowest BCUT2D eigenvalue weighted by atomic mass is 10.0. The van der Waals surface area contributed by atoms with Crippen LogP contribution in [0.2, 0.25) is 0 Å². The predicted octanol–water partition coefficient (Wildman–Crippen LogP) is 3.18. The molecule has 1 aromatic carbocycles. The second kappa shape index (κ2) is 14.9. The van der Waals surface area contributed by atoms with Crippen molar-refractivity contribution in [3.63, 3.8) is 0 Å². The molecule has 150 valence electrons. The number of aliphatic hydroxyl groups is 1. The van der Waals surface area contributed by atoms with Gasteiger partial charge in [0.25, 0.3) is 0 Å². The summed E-state index contributed by atoms with van der Waals surface area (Å²) < 4.78 is 10.8. The van der Waals surface area contributed by atoms with Gasteiger partial charge in [-0.25, -0.2) is 4.99 Å². The molecule has 0 radical (unpaired) electrons. The predicted molar refractivity (Wildman–Crippen MR) is 118 cm³/mol. The second-order valence-corrected chi connectivity index (χ2v) is 5.90. The second-order valence-electron chi connectivity index (χ2n) is 5.90. The molecule has 0 aliphatic carbocycles. The maximum absolute atomic E-state index is 9.19. The van der Waals surface area contributed by atoms with E-state index in [4.69, 9.17) is 9.47 Å². The molecular weight excluding hydrogens is 445 g/mol. The Balaban J connectivity index is 0.00000625. The summed E-state index contributed by atoms with van der Waals surface area (Å²) in [6.07, 6.45) is 3.02. The fraction of sp³-hybridized carbons (Fsp3) is 0.632. The molecule has 1 atom stereocenters. The number of hydrogen-bond acceptors (Lipinski definition) is 4. The molecule has 6 nitrogen and oxygen atoms in total. The molecule has 7 heteroatoms. The number of nitrogens with one attached hydrogen (secondary N) is 2. The van der Waals surface area contributed by atoms with Gasteiger partial charge in [-0.05, 0) is 31.7 Å². The zero-order valence-electron chi connectivity index (χ0n) is 16.4. The third-order valence-electron chi connectivity index (χ3n) is 4.03. The van der Waals surface area contributed by atoms with Gasteiger partial charge >= 0.3 is 0 Å². The molecule has 1 rings (SSSR count). The lowest BCUT2D eigenvalue weighted by Gasteiger charge is -2.18. The summed E-state index contributed by atoms with van der Waals surface area (Å²) in [5.41, 5.74) is 0.972. The van der Waals surface area contributed by atoms with Crippen LogP contribution < -0.4 is 20.1 Å². The fourth-order valence-electron chi connectivity index (χ4n) is 2.76. The van der Waals surface area contributed by atoms with E-state index in [0.717, 1.165) is 43.9 Å². The zero-order chi connectivity index (χ0) is 18.5. The molecule has 0 aliphatic heterocycles. The smallest absolute Gasteiger partial charge is 0.191 e. The van der Waals surface area contributed by atoms with Crippen LogP contribution in [0.25, 0.3) is 0 Å². The minimum Gasteiger partial charge on any atom is -0.493 e. The van der Waals surface area contributed by atoms with Crippen LogP contribution in [0.4, 0.5) is 0 Å². The van der Waals surface area contributed by atoms with Crippen LogP contribution in [0, 0.1) is 5.92 Å². The van der Waals surface area contributed by atoms with Crippen molar-refractivity contribution in [2.45, 2.75) is 39.7 Å². The largest absolute Gasteiger partial charge is 0.493 e. The molecule has 0 amide bonds. The standard InChI is InChI=1S/C19H33N3O3.HI/c1-5-8-15(11-12-23)13-21-19(20-6-2)22-14-16-9-7-10-17(24-3)18(16)25-4;/h7,9-10,15,23H,5-6,8,11-14H2,1-4H3,(H2,20,21,22);1H. The number of rotatable bonds is 11. The number of nitrogens with zero attached hydrogens (tertiary/aromatic N) is 1. The first-order chi connectivity index (χ1) is 12.2. The van der Waals surface area contributed by atoms with Crippen molar-refractivity contribution < 1.29 is 14.6 Å². The monoisotopic (exact) mass is 479 g/mol. The molecule has 0 bridgehead atoms. The van der Waals surface area contributed by atoms with Crippen molar-refractivity contribution in [3.05, 3.63) is 23.8 Å². The van der Waals surface area contributed by atoms with E-state index in [2.05, 4.69) is 22.5 Å². The van der Waals surface area contributed by atoms with Crippen LogP contribution in [0.1, 0.15) is 38.7 Å². The minimum absolute atomic E-state index is 0. The number of aliphatic imine (C=N–C) groups is 1. The first kappa shape index (κ1) is 24.8. The van der Waals surface area contributed by atoms with Crippen LogP contribution in [-0.2, 0) is 6.54 Å². The topological polar surface area (TPSA) is 75.1 Å². The Bertz CT molecular complexity index is 521. The Labute approximate surface area is 174 Å². The Morgan fingerprint density at radius 3 is 2.50 bits per heavy atom. The van der Waals surface area contributed by atoms with Crippen molar-refractivity contribution >= 4 is 29.9 Å². The number of aliphatic hydroxyl groups excluding tert-OH is 1. The van der Waals surface area contributed by atoms with Gasteiger partial charge in [-0.1, -0.05) is 25.5 Å². The van der Waals surface area contributed by atoms with Crippen LogP contribution in [0.3, 0.4) is 0 Å². The van der Waals surface area contributed by atoms with E-state index in [1.165, 1.54) is 0 Å². The van der Waals surface area contributed by atoms with Crippen molar-refractivity contribution in [1.29, 1.82) is 0 Å². The molecule has 0 spiro atoms. The van der Waals surface area contributed by atoms with E-state index < -0.39 is 0 Å². The maximum atomic E-state index is 9.19. The average molecular weight is 479 g/mol. The van der Waals surface area contributed by atoms with E-state index in [1.807, 2.05) is 25.1 Å². The Morgan fingerprint density at radius 1 is 1.15 bits per heavy atom. The van der Waals surface area contributed by atoms with Crippen molar-refractivity contribution in [2.24, 2.45) is 10.9 Å². The quantitative estimate of drug-likeness (QED) is 0.258. The molecular formula is C19H34IN3O3. The van der Waals surface area contributed by atoms with Gasteiger partial charge in [0.05, 0.1) is 20.8 Å². The van der Waals surface area contributed by atoms with Crippen molar-refractivity contribution in [3.8, 4) is 11.5 Å². The summed E-state index contributed by atoms with van der Waals surface area (Å²) >= 11 is 0. The summed E-state index contributed by atoms with van der Waals surface area (Å²) in [6, 6.07) is 5.80. The van der Waals surface area contributed by atoms with E-state index in [1.54, 1.807) is 14.2 Å². The van der Waals surface area contributed by atoms with Crippen molar-refractivity contribution in [2.75, 3.05) is 33.9 Å². The van der Waals surface area contributed by atoms with Crippen LogP contribution in [0.15, 0.2) is 23.2 Å². The fourth-order valence-corrected chi connectivity index (χ4v) is 2.76. The molecule has 3 N–H and O–H groups in total. The third kappa shape index (κ3) is 8.44. The van der Waals surface area contributed by atoms with Gasteiger partial charge in [0, 0.05) is 25.3 Å². The summed E-state index contributed by atoms with van der Waals surface area (Å²) in [7, 11) is 3.27. The molecule has 0 fully saturated rings. The molecule has 1 aromatic rings. The number of methoxy groups -OCH3 is 2. The number of para-hydroxylation sites is 1. The first-order valence-corrected chi connectivity index (χ1v) is 9.02. The molecule has 26 heavy (non-hydrogen) atoms. The number of halogens is 1. The zero-order valence-corrected chi connectivity index (χ0v) is 18.7. The third-order valence-corrected chi connectivity index (χ3v) is 4.03. The Morgan fingerprint density at radius 2 is 1.92 bits per heavy atom. The van der Waals surface area contributed by atoms with Crippen LogP contribution >= 0.6 is 24.0 Å². The first-order valence-electron chi connectivity index (χ1n) is 9.02. The Hall–Kier alpha value is -1.22. The number of hydrogen-bond donors (Lipinski definition) is 3. The number of benzene rings is 1. The van der Waals surface area contributed by atoms with E-state index in [9.17, 15) is 5.11 Å². The van der Waals surface area contributed by atoms with Gasteiger partial charge in [-0.15, -0.1) is 24.0 Å². The SMILES string of the molecule is CCCC(CCO)CNC(=NCc1cccc(OC)c1OC)NCC.I. The van der Waals surface area contributed by atoms with Crippen LogP contribution in [0.5, 0.6) is 11.5 Å². The van der Waals surface area contributed by atoms with Gasteiger partial charge in [-0.2, -0.15) is 0 Å². The molecule has 0 saturated carbocycles. The normalized spacial score (nSPS) is 12.1. The van der Waals surface area contributed by atoms with E-state index in [-0.39, 0.29) is 30.6 Å². The highest BCUT2D eigenvalue weighted by Gasteiger charge is 2.11. The highest BCUT2D eigenvalue weighted by molar-refractivity contribution is 14.0. The van der Waals surface area contributed by atoms with Gasteiger partial charge in [0.1, 0.15) is 0 Å². The summed E-state index contributed by atoms with van der Waals surface area (Å²) in [5, 5.41) is 15.8. The van der Waals surface area contributed by atoms with Crippen LogP contribution in [-0.4, -0.2) is 45.0 Å². The number of ether oxygens (including phenoxy) is 2. The molecule has 0 aliphatic rings. The highest BCUT2D eigenvalue weighted by Crippen LogP contribution is 2.31. The van der Waals surface area contributed by atoms with E-state index >= 15 is 0 Å². The highest BCUT2D eigenvalue weighted by atomic mass is 127. The summed E-state index contributed by atoms with van der Waals surface area (Å²) in [4.78, 5) is 4.66. The van der Waals surface area contributed by atoms with Gasteiger partial charge in [-0.3, -0.25) is 0 Å². The molecule has 0 aromatic heterocycles. The van der Waals surface area contributed by atoms with Gasteiger partial charge in [0.15, 0.2) is 17.5 Å². The summed E-state index contributed by atoms with van der Waals surface area (Å²) in [6.45, 7) is 6.52. The van der Waals surface area contributed by atoms with Crippen molar-refractivity contribution in [1.82, 2.24) is 10.6 Å². The summed E-state index contributed by atoms with van der Waals surface area (Å²) in [5.74, 6) is 2.64. The lowest BCUT2D eigenvalue weighted by molar-refractivity contribution is 0.251.